The summed E-state index contributed by atoms with van der Waals surface area (Å²) in [4.78, 5) is 0. The van der Waals surface area contributed by atoms with E-state index in [4.69, 9.17) is 0 Å². The fourth-order valence-corrected chi connectivity index (χ4v) is 41.9. The third kappa shape index (κ3) is 4.49. The first-order valence-corrected chi connectivity index (χ1v) is 28.2. The van der Waals surface area contributed by atoms with Crippen molar-refractivity contribution in [1.82, 2.24) is 0 Å². The second-order valence-electron chi connectivity index (χ2n) is 9.22. The number of rotatable bonds is 4. The fourth-order valence-electron chi connectivity index (χ4n) is 5.38. The van der Waals surface area contributed by atoms with Gasteiger partial charge in [0, 0.05) is 0 Å². The maximum absolute atomic E-state index is 2.77. The number of benzene rings is 1. The van der Waals surface area contributed by atoms with Crippen LogP contribution < -0.4 is 24.8 Å². The Hall–Kier alpha value is 0.107. The molecule has 0 saturated heterocycles. The molecule has 0 aliphatic heterocycles. The fraction of sp³-hybridized carbons (Fsp3) is 0.478. The van der Waals surface area contributed by atoms with Crippen LogP contribution in [0.25, 0.3) is 6.08 Å². The predicted molar refractivity (Wildman–Crippen MR) is 113 cm³/mol. The molecule has 4 heteroatoms. The molecule has 0 radical (unpaired) electrons. The Morgan fingerprint density at radius 1 is 0.889 bits per heavy atom. The third-order valence-corrected chi connectivity index (χ3v) is 37.1. The maximum Gasteiger partial charge on any atom is -1.00 e. The summed E-state index contributed by atoms with van der Waals surface area (Å²) in [5, 5.41) is 0. The molecule has 0 saturated carbocycles. The molecular formula is C23H34Cl2HfSi-2. The summed E-state index contributed by atoms with van der Waals surface area (Å²) in [7, 11) is 0. The van der Waals surface area contributed by atoms with E-state index >= 15 is 0 Å². The van der Waals surface area contributed by atoms with Crippen molar-refractivity contribution in [1.29, 1.82) is 0 Å². The van der Waals surface area contributed by atoms with Crippen LogP contribution >= 0.6 is 0 Å². The second kappa shape index (κ2) is 9.28. The Labute approximate surface area is 184 Å². The van der Waals surface area contributed by atoms with Crippen LogP contribution in [-0.4, -0.2) is 6.71 Å². The monoisotopic (exact) mass is 588 g/mol. The Morgan fingerprint density at radius 3 is 1.93 bits per heavy atom. The molecule has 0 aromatic heterocycles. The molecule has 2 aliphatic rings. The van der Waals surface area contributed by atoms with E-state index in [1.807, 2.05) is 0 Å². The standard InChI is InChI=1S/C12H15Si.C9H13.2CH3.2ClH.Hf/c1-8(2)11-7-9-5-3-4-6-10(9)12(11)13;1-6-5-7(2)9(4)8(6)3;;;;;/h3-8,12H,13H2,1-2H3;5H,1-4H3;2*1H3;2*1H;/p-2. The molecule has 0 fully saturated rings. The van der Waals surface area contributed by atoms with E-state index in [0.717, 1.165) is 9.22 Å². The first-order chi connectivity index (χ1) is 11.6. The molecule has 0 bridgehead atoms. The number of fused-ring (bicyclic) bond motifs is 1. The molecule has 0 heterocycles. The summed E-state index contributed by atoms with van der Waals surface area (Å²) in [6, 6.07) is 9.20. The van der Waals surface area contributed by atoms with Gasteiger partial charge in [0.15, 0.2) is 0 Å². The smallest absolute Gasteiger partial charge is 1.00 e. The van der Waals surface area contributed by atoms with E-state index in [9.17, 15) is 0 Å². The molecule has 1 aromatic carbocycles. The molecule has 150 valence electrons. The first kappa shape index (κ1) is 25.1. The predicted octanol–water partition coefficient (Wildman–Crippen LogP) is 0.598. The SMILES string of the molecule is CC1=C(C)[CH]([Hf]([CH3])([CH3])[SiH2]C2C(C(C)C)=Cc3ccccc32)C(C)=C1C.[Cl-].[Cl-]. The van der Waals surface area contributed by atoms with E-state index in [1.165, 1.54) is 5.56 Å². The number of hydrogen-bond acceptors (Lipinski definition) is 0. The van der Waals surface area contributed by atoms with Crippen LogP contribution in [0.15, 0.2) is 52.1 Å². The van der Waals surface area contributed by atoms with Gasteiger partial charge in [-0.2, -0.15) is 0 Å². The Kier molecular flexibility index (Phi) is 8.64. The van der Waals surface area contributed by atoms with Crippen molar-refractivity contribution in [2.24, 2.45) is 5.92 Å². The van der Waals surface area contributed by atoms with Crippen molar-refractivity contribution in [3.8, 4) is 0 Å². The van der Waals surface area contributed by atoms with Crippen LogP contribution in [0, 0.1) is 5.92 Å². The molecule has 1 unspecified atom stereocenters. The van der Waals surface area contributed by atoms with Gasteiger partial charge in [0.05, 0.1) is 0 Å². The van der Waals surface area contributed by atoms with Crippen molar-refractivity contribution >= 4 is 12.8 Å². The normalized spacial score (nSPS) is 20.3. The average molecular weight is 588 g/mol. The molecule has 1 aromatic rings. The first-order valence-electron chi connectivity index (χ1n) is 9.80. The van der Waals surface area contributed by atoms with E-state index in [2.05, 4.69) is 81.2 Å². The minimum absolute atomic E-state index is 0. The summed E-state index contributed by atoms with van der Waals surface area (Å²) < 4.78 is 6.39. The van der Waals surface area contributed by atoms with Gasteiger partial charge in [-0.15, -0.1) is 0 Å². The summed E-state index contributed by atoms with van der Waals surface area (Å²) in [5.74, 6) is 0.675. The van der Waals surface area contributed by atoms with Crippen LogP contribution in [0.3, 0.4) is 0 Å². The van der Waals surface area contributed by atoms with Gasteiger partial charge < -0.3 is 24.8 Å². The van der Waals surface area contributed by atoms with Gasteiger partial charge in [0.2, 0.25) is 0 Å². The molecule has 0 spiro atoms. The zero-order valence-electron chi connectivity index (χ0n) is 18.1. The molecule has 0 N–H and O–H groups in total. The molecule has 1 atom stereocenters. The van der Waals surface area contributed by atoms with Crippen LogP contribution in [0.1, 0.15) is 58.2 Å². The van der Waals surface area contributed by atoms with Gasteiger partial charge in [0.1, 0.15) is 0 Å². The molecule has 2 aliphatic carbocycles. The Balaban J connectivity index is 0.00000182. The third-order valence-electron chi connectivity index (χ3n) is 6.89. The number of allylic oxidation sites excluding steroid dienone is 5. The van der Waals surface area contributed by atoms with Crippen molar-refractivity contribution in [2.45, 2.75) is 60.1 Å². The van der Waals surface area contributed by atoms with Gasteiger partial charge in [0.25, 0.3) is 0 Å². The summed E-state index contributed by atoms with van der Waals surface area (Å²) in [6.45, 7) is 14.2. The Bertz CT molecular complexity index is 778. The summed E-state index contributed by atoms with van der Waals surface area (Å²) in [6.07, 6.45) is 2.53. The quantitative estimate of drug-likeness (QED) is 0.453. The van der Waals surface area contributed by atoms with Gasteiger partial charge in [-0.25, -0.2) is 0 Å². The number of hydrogen-bond donors (Lipinski definition) is 0. The van der Waals surface area contributed by atoms with Gasteiger partial charge >= 0.3 is 161 Å². The van der Waals surface area contributed by atoms with E-state index in [-0.39, 0.29) is 31.5 Å². The molecular weight excluding hydrogens is 554 g/mol. The van der Waals surface area contributed by atoms with Crippen molar-refractivity contribution in [3.05, 3.63) is 63.3 Å². The molecule has 3 rings (SSSR count). The van der Waals surface area contributed by atoms with E-state index in [1.54, 1.807) is 33.4 Å². The average Bonchev–Trinajstić information content (AvgIpc) is 2.99. The second-order valence-corrected chi connectivity index (χ2v) is 46.1. The topological polar surface area (TPSA) is 0 Å². The van der Waals surface area contributed by atoms with Gasteiger partial charge in [-0.3, -0.25) is 0 Å². The largest absolute Gasteiger partial charge is 1.00 e. The van der Waals surface area contributed by atoms with Crippen molar-refractivity contribution in [3.63, 3.8) is 0 Å². The zero-order chi connectivity index (χ0) is 18.5. The maximum atomic E-state index is 2.77. The van der Waals surface area contributed by atoms with Gasteiger partial charge in [-0.05, 0) is 0 Å². The van der Waals surface area contributed by atoms with Gasteiger partial charge in [-0.1, -0.05) is 0 Å². The van der Waals surface area contributed by atoms with Crippen LogP contribution in [0.2, 0.25) is 13.0 Å². The summed E-state index contributed by atoms with van der Waals surface area (Å²) >= 11 is -2.35. The number of halogens is 2. The Morgan fingerprint density at radius 2 is 1.41 bits per heavy atom. The van der Waals surface area contributed by atoms with Crippen LogP contribution in [0.4, 0.5) is 0 Å². The van der Waals surface area contributed by atoms with Crippen LogP contribution in [-0.2, 0) is 19.1 Å². The van der Waals surface area contributed by atoms with Crippen molar-refractivity contribution in [2.75, 3.05) is 0 Å². The van der Waals surface area contributed by atoms with Crippen LogP contribution in [0.5, 0.6) is 0 Å². The molecule has 27 heavy (non-hydrogen) atoms. The van der Waals surface area contributed by atoms with E-state index in [0.29, 0.717) is 5.92 Å². The molecule has 0 amide bonds. The zero-order valence-corrected chi connectivity index (χ0v) is 24.6. The van der Waals surface area contributed by atoms with Crippen molar-refractivity contribution < 1.29 is 44.0 Å². The minimum atomic E-state index is -2.35. The minimum Gasteiger partial charge on any atom is -1.00 e. The van der Waals surface area contributed by atoms with E-state index < -0.39 is 19.1 Å². The molecule has 0 nitrogen and oxygen atoms in total. The summed E-state index contributed by atoms with van der Waals surface area (Å²) in [5.41, 5.74) is 12.3.